The predicted molar refractivity (Wildman–Crippen MR) is 151 cm³/mol. The molecule has 11 nitrogen and oxygen atoms in total. The van der Waals surface area contributed by atoms with E-state index < -0.39 is 36.4 Å². The minimum atomic E-state index is -1.55. The highest BCUT2D eigenvalue weighted by Gasteiger charge is 2.24. The van der Waals surface area contributed by atoms with Crippen LogP contribution < -0.4 is 16.0 Å². The number of H-pyrrole nitrogens is 1. The number of benzene rings is 3. The van der Waals surface area contributed by atoms with Crippen LogP contribution in [0.3, 0.4) is 0 Å². The molecule has 6 N–H and O–H groups in total. The molecule has 0 aliphatic carbocycles. The molecule has 0 fully saturated rings. The quantitative estimate of drug-likeness (QED) is 0.164. The van der Waals surface area contributed by atoms with E-state index in [1.54, 1.807) is 36.4 Å². The Morgan fingerprint density at radius 3 is 2.05 bits per heavy atom. The fourth-order valence-corrected chi connectivity index (χ4v) is 4.38. The van der Waals surface area contributed by atoms with Gasteiger partial charge in [0.05, 0.1) is 6.42 Å². The molecule has 0 spiro atoms. The molecule has 4 rings (SSSR count). The zero-order valence-electron chi connectivity index (χ0n) is 22.0. The number of carboxylic acids is 2. The number of aromatic amines is 1. The number of carbonyl (C=O) groups is 5. The number of aromatic nitrogens is 1. The van der Waals surface area contributed by atoms with Crippen LogP contribution >= 0.6 is 0 Å². The van der Waals surface area contributed by atoms with Crippen molar-refractivity contribution < 1.29 is 34.2 Å². The number of carboxylic acid groups (broad SMARTS) is 2. The molecule has 0 saturated carbocycles. The summed E-state index contributed by atoms with van der Waals surface area (Å²) >= 11 is 0. The number of hydrogen-bond donors (Lipinski definition) is 6. The molecule has 0 aliphatic rings. The molecule has 1 heterocycles. The third kappa shape index (κ3) is 7.35. The van der Waals surface area contributed by atoms with Crippen molar-refractivity contribution in [1.29, 1.82) is 0 Å². The highest BCUT2D eigenvalue weighted by atomic mass is 16.4. The van der Waals surface area contributed by atoms with E-state index >= 15 is 0 Å². The number of anilines is 1. The molecule has 0 saturated heterocycles. The van der Waals surface area contributed by atoms with Crippen LogP contribution in [0.5, 0.6) is 0 Å². The van der Waals surface area contributed by atoms with Gasteiger partial charge in [0.1, 0.15) is 12.1 Å². The lowest BCUT2D eigenvalue weighted by molar-refractivity contribution is -0.145. The maximum atomic E-state index is 13.1. The van der Waals surface area contributed by atoms with Gasteiger partial charge in [-0.3, -0.25) is 19.2 Å². The van der Waals surface area contributed by atoms with Crippen LogP contribution in [0.15, 0.2) is 79.0 Å². The Morgan fingerprint density at radius 2 is 1.44 bits per heavy atom. The molecule has 0 bridgehead atoms. The van der Waals surface area contributed by atoms with Crippen molar-refractivity contribution in [2.45, 2.75) is 31.8 Å². The number of fused-ring (bicyclic) bond motifs is 1. The summed E-state index contributed by atoms with van der Waals surface area (Å²) in [7, 11) is 0. The average Bonchev–Trinajstić information content (AvgIpc) is 3.35. The standard InChI is InChI=1S/C30H28N4O7/c1-17(35)32-25(14-21-16-31-24-5-3-2-4-23(21)24)29(39)33-22-12-10-19(11-13-22)18-6-8-20(9-7-18)28(38)34-26(30(40)41)15-27(36)37/h2-13,16,25-26,31H,14-15H2,1H3,(H,32,35)(H,33,39)(H,34,38)(H,36,37)(H,40,41). The molecular formula is C30H28N4O7. The number of aliphatic carboxylic acids is 2. The van der Waals surface area contributed by atoms with Crippen molar-refractivity contribution in [3.63, 3.8) is 0 Å². The summed E-state index contributed by atoms with van der Waals surface area (Å²) in [4.78, 5) is 62.5. The Hall–Kier alpha value is -5.45. The minimum absolute atomic E-state index is 0.175. The smallest absolute Gasteiger partial charge is 0.326 e. The number of para-hydroxylation sites is 1. The first-order valence-corrected chi connectivity index (χ1v) is 12.7. The monoisotopic (exact) mass is 556 g/mol. The first-order valence-electron chi connectivity index (χ1n) is 12.7. The maximum absolute atomic E-state index is 13.1. The zero-order chi connectivity index (χ0) is 29.5. The summed E-state index contributed by atoms with van der Waals surface area (Å²) in [5.41, 5.74) is 4.10. The molecule has 210 valence electrons. The van der Waals surface area contributed by atoms with Gasteiger partial charge in [0, 0.05) is 41.7 Å². The second kappa shape index (κ2) is 12.6. The normalized spacial score (nSPS) is 12.2. The molecule has 11 heteroatoms. The van der Waals surface area contributed by atoms with Crippen molar-refractivity contribution in [3.05, 3.63) is 90.1 Å². The van der Waals surface area contributed by atoms with Gasteiger partial charge in [0.25, 0.3) is 5.91 Å². The first kappa shape index (κ1) is 28.6. The van der Waals surface area contributed by atoms with Crippen LogP contribution in [-0.2, 0) is 25.6 Å². The summed E-state index contributed by atoms with van der Waals surface area (Å²) in [5, 5.41) is 26.7. The molecule has 4 aromatic rings. The van der Waals surface area contributed by atoms with Gasteiger partial charge in [0.2, 0.25) is 11.8 Å². The van der Waals surface area contributed by atoms with Gasteiger partial charge in [-0.25, -0.2) is 4.79 Å². The van der Waals surface area contributed by atoms with E-state index in [1.807, 2.05) is 30.5 Å². The maximum Gasteiger partial charge on any atom is 0.326 e. The van der Waals surface area contributed by atoms with Gasteiger partial charge in [0.15, 0.2) is 0 Å². The lowest BCUT2D eigenvalue weighted by atomic mass is 10.0. The molecule has 2 unspecified atom stereocenters. The van der Waals surface area contributed by atoms with Crippen LogP contribution in [-0.4, -0.2) is 56.9 Å². The second-order valence-corrected chi connectivity index (χ2v) is 9.42. The molecule has 3 aromatic carbocycles. The van der Waals surface area contributed by atoms with Gasteiger partial charge >= 0.3 is 11.9 Å². The molecule has 0 radical (unpaired) electrons. The van der Waals surface area contributed by atoms with Gasteiger partial charge < -0.3 is 31.1 Å². The van der Waals surface area contributed by atoms with Crippen molar-refractivity contribution in [2.24, 2.45) is 0 Å². The lowest BCUT2D eigenvalue weighted by Crippen LogP contribution is -2.44. The van der Waals surface area contributed by atoms with Crippen LogP contribution in [0, 0.1) is 0 Å². The van der Waals surface area contributed by atoms with Crippen LogP contribution in [0.4, 0.5) is 5.69 Å². The number of rotatable bonds is 11. The fourth-order valence-electron chi connectivity index (χ4n) is 4.38. The Balaban J connectivity index is 1.41. The summed E-state index contributed by atoms with van der Waals surface area (Å²) in [6.07, 6.45) is 1.39. The topological polar surface area (TPSA) is 178 Å². The highest BCUT2D eigenvalue weighted by molar-refractivity contribution is 5.99. The Bertz CT molecular complexity index is 1590. The van der Waals surface area contributed by atoms with E-state index in [0.717, 1.165) is 27.6 Å². The van der Waals surface area contributed by atoms with Crippen molar-refractivity contribution in [1.82, 2.24) is 15.6 Å². The lowest BCUT2D eigenvalue weighted by Gasteiger charge is -2.18. The van der Waals surface area contributed by atoms with Gasteiger partial charge in [-0.2, -0.15) is 0 Å². The van der Waals surface area contributed by atoms with E-state index in [0.29, 0.717) is 12.1 Å². The molecule has 1 aromatic heterocycles. The van der Waals surface area contributed by atoms with E-state index in [1.165, 1.54) is 19.1 Å². The summed E-state index contributed by atoms with van der Waals surface area (Å²) < 4.78 is 0. The second-order valence-electron chi connectivity index (χ2n) is 9.42. The van der Waals surface area contributed by atoms with Crippen molar-refractivity contribution in [2.75, 3.05) is 5.32 Å². The van der Waals surface area contributed by atoms with E-state index in [4.69, 9.17) is 10.2 Å². The SMILES string of the molecule is CC(=O)NC(Cc1c[nH]c2ccccc12)C(=O)Nc1ccc(-c2ccc(C(=O)NC(CC(=O)O)C(=O)O)cc2)cc1. The molecule has 41 heavy (non-hydrogen) atoms. The van der Waals surface area contributed by atoms with E-state index in [-0.39, 0.29) is 17.4 Å². The fraction of sp³-hybridized carbons (Fsp3) is 0.167. The van der Waals surface area contributed by atoms with Crippen molar-refractivity contribution in [3.8, 4) is 11.1 Å². The van der Waals surface area contributed by atoms with E-state index in [9.17, 15) is 24.0 Å². The summed E-state index contributed by atoms with van der Waals surface area (Å²) in [6, 6.07) is 18.7. The van der Waals surface area contributed by atoms with Crippen LogP contribution in [0.25, 0.3) is 22.0 Å². The molecular weight excluding hydrogens is 528 g/mol. The van der Waals surface area contributed by atoms with Crippen LogP contribution in [0.2, 0.25) is 0 Å². The third-order valence-corrected chi connectivity index (χ3v) is 6.41. The van der Waals surface area contributed by atoms with Gasteiger partial charge in [-0.15, -0.1) is 0 Å². The number of carbonyl (C=O) groups excluding carboxylic acids is 3. The Morgan fingerprint density at radius 1 is 0.805 bits per heavy atom. The highest BCUT2D eigenvalue weighted by Crippen LogP contribution is 2.23. The zero-order valence-corrected chi connectivity index (χ0v) is 22.0. The largest absolute Gasteiger partial charge is 0.481 e. The molecule has 3 amide bonds. The molecule has 2 atom stereocenters. The summed E-state index contributed by atoms with van der Waals surface area (Å²) in [6.45, 7) is 1.36. The van der Waals surface area contributed by atoms with Crippen molar-refractivity contribution >= 4 is 46.3 Å². The van der Waals surface area contributed by atoms with Gasteiger partial charge in [-0.05, 0) is 47.0 Å². The number of hydrogen-bond acceptors (Lipinski definition) is 5. The van der Waals surface area contributed by atoms with Gasteiger partial charge in [-0.1, -0.05) is 42.5 Å². The number of nitrogens with one attached hydrogen (secondary N) is 4. The number of amides is 3. The first-order chi connectivity index (χ1) is 19.6. The summed E-state index contributed by atoms with van der Waals surface area (Å²) in [5.74, 6) is -4.17. The molecule has 0 aliphatic heterocycles. The predicted octanol–water partition coefficient (Wildman–Crippen LogP) is 3.18. The van der Waals surface area contributed by atoms with Crippen LogP contribution in [0.1, 0.15) is 29.3 Å². The Labute approximate surface area is 234 Å². The Kier molecular flexibility index (Phi) is 8.78. The van der Waals surface area contributed by atoms with E-state index in [2.05, 4.69) is 20.9 Å². The minimum Gasteiger partial charge on any atom is -0.481 e. The average molecular weight is 557 g/mol. The third-order valence-electron chi connectivity index (χ3n) is 6.41.